The number of fused-ring (bicyclic) bond motifs is 1. The standard InChI is InChI=1S/C22H24BrN3O3/c1-22(2,3)29-21(27)24-13-18(26(28)14-15-9-5-4-6-10-15)19-16-11-7-8-12-17(16)25-20(19)23/h4-12,14,18,25H,13H2,1-3H3,(H,24,27)/b26-14-. The van der Waals surface area contributed by atoms with Gasteiger partial charge in [-0.05, 0) is 54.9 Å². The number of ether oxygens (including phenoxy) is 1. The third-order valence-electron chi connectivity index (χ3n) is 4.25. The maximum atomic E-state index is 13.1. The summed E-state index contributed by atoms with van der Waals surface area (Å²) >= 11 is 3.54. The van der Waals surface area contributed by atoms with Crippen molar-refractivity contribution in [1.82, 2.24) is 10.3 Å². The highest BCUT2D eigenvalue weighted by Crippen LogP contribution is 2.33. The van der Waals surface area contributed by atoms with E-state index >= 15 is 0 Å². The van der Waals surface area contributed by atoms with Crippen LogP contribution in [0.25, 0.3) is 10.9 Å². The monoisotopic (exact) mass is 457 g/mol. The van der Waals surface area contributed by atoms with E-state index in [0.717, 1.165) is 26.8 Å². The number of carbonyl (C=O) groups excluding carboxylic acids is 1. The van der Waals surface area contributed by atoms with Crippen molar-refractivity contribution < 1.29 is 14.3 Å². The minimum Gasteiger partial charge on any atom is -0.623 e. The zero-order valence-corrected chi connectivity index (χ0v) is 18.2. The number of para-hydroxylation sites is 1. The first-order chi connectivity index (χ1) is 13.7. The van der Waals surface area contributed by atoms with Crippen molar-refractivity contribution in [3.8, 4) is 0 Å². The predicted molar refractivity (Wildman–Crippen MR) is 118 cm³/mol. The lowest BCUT2D eigenvalue weighted by atomic mass is 10.1. The number of aromatic nitrogens is 1. The van der Waals surface area contributed by atoms with Gasteiger partial charge in [0.05, 0.1) is 16.7 Å². The number of benzene rings is 2. The Morgan fingerprint density at radius 1 is 1.21 bits per heavy atom. The molecule has 1 amide bonds. The SMILES string of the molecule is CC(C)(C)OC(=O)NCC(c1c(Br)[nH]c2ccccc12)/[N+]([O-])=C/c1ccccc1. The molecule has 0 bridgehead atoms. The minimum atomic E-state index is -0.659. The van der Waals surface area contributed by atoms with Crippen LogP contribution in [0.4, 0.5) is 4.79 Å². The van der Waals surface area contributed by atoms with Crippen molar-refractivity contribution in [3.05, 3.63) is 75.5 Å². The zero-order chi connectivity index (χ0) is 21.0. The second-order valence-corrected chi connectivity index (χ2v) is 8.49. The molecular formula is C22H24BrN3O3. The van der Waals surface area contributed by atoms with Gasteiger partial charge >= 0.3 is 6.09 Å². The van der Waals surface area contributed by atoms with E-state index in [9.17, 15) is 10.0 Å². The van der Waals surface area contributed by atoms with E-state index in [4.69, 9.17) is 4.74 Å². The molecule has 0 aliphatic carbocycles. The van der Waals surface area contributed by atoms with Crippen LogP contribution < -0.4 is 5.32 Å². The highest BCUT2D eigenvalue weighted by Gasteiger charge is 2.28. The number of hydrogen-bond acceptors (Lipinski definition) is 3. The molecule has 7 heteroatoms. The molecule has 152 valence electrons. The van der Waals surface area contributed by atoms with Gasteiger partial charge in [0.1, 0.15) is 5.60 Å². The average Bonchev–Trinajstić information content (AvgIpc) is 2.97. The van der Waals surface area contributed by atoms with Gasteiger partial charge in [0.15, 0.2) is 6.21 Å². The highest BCUT2D eigenvalue weighted by atomic mass is 79.9. The zero-order valence-electron chi connectivity index (χ0n) is 16.6. The first-order valence-electron chi connectivity index (χ1n) is 9.33. The summed E-state index contributed by atoms with van der Waals surface area (Å²) in [6, 6.07) is 16.4. The number of nitrogens with zero attached hydrogens (tertiary/aromatic N) is 1. The van der Waals surface area contributed by atoms with Gasteiger partial charge in [-0.1, -0.05) is 36.4 Å². The molecule has 1 unspecified atom stereocenters. The van der Waals surface area contributed by atoms with Gasteiger partial charge in [-0.15, -0.1) is 0 Å². The van der Waals surface area contributed by atoms with E-state index in [0.29, 0.717) is 4.60 Å². The maximum Gasteiger partial charge on any atom is 0.407 e. The molecule has 0 spiro atoms. The van der Waals surface area contributed by atoms with Crippen LogP contribution in [-0.2, 0) is 4.74 Å². The number of nitrogens with one attached hydrogen (secondary N) is 2. The van der Waals surface area contributed by atoms with Crippen molar-refractivity contribution in [2.24, 2.45) is 0 Å². The van der Waals surface area contributed by atoms with Gasteiger partial charge in [-0.2, -0.15) is 0 Å². The summed E-state index contributed by atoms with van der Waals surface area (Å²) in [5, 5.41) is 16.8. The van der Waals surface area contributed by atoms with E-state index in [-0.39, 0.29) is 6.54 Å². The van der Waals surface area contributed by atoms with Crippen molar-refractivity contribution in [2.45, 2.75) is 32.4 Å². The lowest BCUT2D eigenvalue weighted by Crippen LogP contribution is -2.36. The molecule has 1 heterocycles. The van der Waals surface area contributed by atoms with Crippen molar-refractivity contribution in [3.63, 3.8) is 0 Å². The molecule has 0 aliphatic rings. The number of alkyl carbamates (subject to hydrolysis) is 1. The van der Waals surface area contributed by atoms with Gasteiger partial charge in [0, 0.05) is 16.5 Å². The van der Waals surface area contributed by atoms with Crippen LogP contribution in [0.15, 0.2) is 59.2 Å². The summed E-state index contributed by atoms with van der Waals surface area (Å²) in [4.78, 5) is 15.4. The first kappa shape index (κ1) is 20.9. The smallest absolute Gasteiger partial charge is 0.407 e. The topological polar surface area (TPSA) is 80.2 Å². The van der Waals surface area contributed by atoms with Crippen LogP contribution in [0.5, 0.6) is 0 Å². The van der Waals surface area contributed by atoms with Gasteiger partial charge in [-0.25, -0.2) is 9.53 Å². The van der Waals surface area contributed by atoms with E-state index < -0.39 is 17.7 Å². The Balaban J connectivity index is 1.96. The van der Waals surface area contributed by atoms with E-state index in [1.807, 2.05) is 54.6 Å². The normalized spacial score (nSPS) is 13.3. The Labute approximate surface area is 178 Å². The number of H-pyrrole nitrogens is 1. The molecule has 3 aromatic rings. The van der Waals surface area contributed by atoms with E-state index in [2.05, 4.69) is 26.2 Å². The third kappa shape index (κ3) is 5.38. The lowest BCUT2D eigenvalue weighted by Gasteiger charge is -2.22. The molecule has 0 saturated carbocycles. The fraction of sp³-hybridized carbons (Fsp3) is 0.273. The average molecular weight is 458 g/mol. The number of aromatic amines is 1. The largest absolute Gasteiger partial charge is 0.623 e. The number of halogens is 1. The third-order valence-corrected chi connectivity index (χ3v) is 4.88. The van der Waals surface area contributed by atoms with Gasteiger partial charge in [0.2, 0.25) is 6.04 Å². The van der Waals surface area contributed by atoms with Crippen molar-refractivity contribution in [2.75, 3.05) is 6.54 Å². The number of amides is 1. The summed E-state index contributed by atoms with van der Waals surface area (Å²) in [7, 11) is 0. The molecular weight excluding hydrogens is 434 g/mol. The van der Waals surface area contributed by atoms with Gasteiger partial charge in [-0.3, -0.25) is 0 Å². The number of hydroxylamine groups is 1. The molecule has 6 nitrogen and oxygen atoms in total. The minimum absolute atomic E-state index is 0.0855. The molecule has 29 heavy (non-hydrogen) atoms. The second kappa shape index (κ2) is 8.69. The van der Waals surface area contributed by atoms with Crippen LogP contribution in [0.1, 0.15) is 37.9 Å². The molecule has 0 aliphatic heterocycles. The second-order valence-electron chi connectivity index (χ2n) is 7.70. The number of hydrogen-bond donors (Lipinski definition) is 2. The first-order valence-corrected chi connectivity index (χ1v) is 10.1. The summed E-state index contributed by atoms with van der Waals surface area (Å²) in [5.74, 6) is 0. The van der Waals surface area contributed by atoms with E-state index in [1.54, 1.807) is 20.8 Å². The molecule has 3 rings (SSSR count). The number of carbonyl (C=O) groups is 1. The molecule has 2 aromatic carbocycles. The molecule has 1 atom stereocenters. The summed E-state index contributed by atoms with van der Waals surface area (Å²) in [6.07, 6.45) is 0.960. The Morgan fingerprint density at radius 2 is 1.86 bits per heavy atom. The van der Waals surface area contributed by atoms with Crippen molar-refractivity contribution in [1.29, 1.82) is 0 Å². The molecule has 1 aromatic heterocycles. The Kier molecular flexibility index (Phi) is 6.27. The van der Waals surface area contributed by atoms with E-state index in [1.165, 1.54) is 6.21 Å². The summed E-state index contributed by atoms with van der Waals surface area (Å²) in [5.41, 5.74) is 1.85. The van der Waals surface area contributed by atoms with Crippen LogP contribution in [0, 0.1) is 5.21 Å². The predicted octanol–water partition coefficient (Wildman–Crippen LogP) is 5.13. The number of rotatable bonds is 5. The fourth-order valence-corrected chi connectivity index (χ4v) is 3.74. The fourth-order valence-electron chi connectivity index (χ4n) is 3.05. The van der Waals surface area contributed by atoms with Crippen LogP contribution in [-0.4, -0.2) is 34.2 Å². The van der Waals surface area contributed by atoms with Crippen LogP contribution >= 0.6 is 15.9 Å². The van der Waals surface area contributed by atoms with Crippen LogP contribution in [0.3, 0.4) is 0 Å². The molecule has 2 N–H and O–H groups in total. The van der Waals surface area contributed by atoms with Crippen LogP contribution in [0.2, 0.25) is 0 Å². The summed E-state index contributed by atoms with van der Waals surface area (Å²) < 4.78 is 6.89. The Bertz CT molecular complexity index is 1020. The van der Waals surface area contributed by atoms with Gasteiger partial charge < -0.3 is 20.2 Å². The maximum absolute atomic E-state index is 13.1. The molecule has 0 fully saturated rings. The molecule has 0 saturated heterocycles. The Morgan fingerprint density at radius 3 is 2.55 bits per heavy atom. The quantitative estimate of drug-likeness (QED) is 0.241. The summed E-state index contributed by atoms with van der Waals surface area (Å²) in [6.45, 7) is 5.47. The molecule has 0 radical (unpaired) electrons. The highest BCUT2D eigenvalue weighted by molar-refractivity contribution is 9.10. The van der Waals surface area contributed by atoms with Crippen molar-refractivity contribution >= 4 is 39.1 Å². The lowest BCUT2D eigenvalue weighted by molar-refractivity contribution is -0.500. The van der Waals surface area contributed by atoms with Gasteiger partial charge in [0.25, 0.3) is 0 Å². The Hall–Kier alpha value is -2.80.